The van der Waals surface area contributed by atoms with Gasteiger partial charge < -0.3 is 9.64 Å². The molecule has 28 heavy (non-hydrogen) atoms. The Kier molecular flexibility index (Phi) is 3.75. The number of Topliss-reactive ketones (excluding diaryl/α,β-unsaturated/α-hetero) is 1. The van der Waals surface area contributed by atoms with Gasteiger partial charge in [-0.15, -0.1) is 0 Å². The van der Waals surface area contributed by atoms with E-state index in [0.717, 1.165) is 16.5 Å². The number of piperidine rings is 1. The van der Waals surface area contributed by atoms with Gasteiger partial charge in [-0.3, -0.25) is 14.7 Å². The third kappa shape index (κ3) is 2.68. The molecule has 0 radical (unpaired) electrons. The van der Waals surface area contributed by atoms with Gasteiger partial charge in [-0.05, 0) is 25.1 Å². The number of nitrogens with one attached hydrogen (secondary N) is 1. The lowest BCUT2D eigenvalue weighted by atomic mass is 9.82. The van der Waals surface area contributed by atoms with Gasteiger partial charge in [0, 0.05) is 31.3 Å². The summed E-state index contributed by atoms with van der Waals surface area (Å²) in [7, 11) is 0. The number of ketones is 1. The van der Waals surface area contributed by atoms with Gasteiger partial charge in [0.05, 0.1) is 29.3 Å². The number of aromatic amines is 1. The molecule has 2 aliphatic heterocycles. The van der Waals surface area contributed by atoms with Crippen molar-refractivity contribution in [2.24, 2.45) is 0 Å². The first-order valence-electron chi connectivity index (χ1n) is 9.59. The number of carbonyl (C=O) groups is 2. The highest BCUT2D eigenvalue weighted by molar-refractivity contribution is 6.05. The van der Waals surface area contributed by atoms with Crippen LogP contribution in [0.1, 0.15) is 45.5 Å². The SMILES string of the molecule is Cc1ccc2c(c1)C(=O)CC1(CCN(C(=O)c3cccc4cn[nH]c34)CC1)O2. The molecule has 142 valence electrons. The molecule has 0 saturated carbocycles. The number of carbonyl (C=O) groups excluding carboxylic acids is 2. The Bertz CT molecular complexity index is 1090. The molecule has 0 aliphatic carbocycles. The first-order chi connectivity index (χ1) is 13.5. The molecule has 1 aromatic heterocycles. The number of hydrogen-bond acceptors (Lipinski definition) is 4. The highest BCUT2D eigenvalue weighted by atomic mass is 16.5. The van der Waals surface area contributed by atoms with E-state index in [-0.39, 0.29) is 11.7 Å². The van der Waals surface area contributed by atoms with Gasteiger partial charge in [0.1, 0.15) is 11.4 Å². The Hall–Kier alpha value is -3.15. The lowest BCUT2D eigenvalue weighted by Crippen LogP contribution is -2.52. The second-order valence-corrected chi connectivity index (χ2v) is 7.82. The molecule has 3 aromatic rings. The van der Waals surface area contributed by atoms with E-state index >= 15 is 0 Å². The van der Waals surface area contributed by atoms with Crippen molar-refractivity contribution in [1.82, 2.24) is 15.1 Å². The molecule has 2 aromatic carbocycles. The Morgan fingerprint density at radius 2 is 2.04 bits per heavy atom. The summed E-state index contributed by atoms with van der Waals surface area (Å²) < 4.78 is 6.30. The van der Waals surface area contributed by atoms with E-state index in [4.69, 9.17) is 4.74 Å². The van der Waals surface area contributed by atoms with Gasteiger partial charge in [-0.1, -0.05) is 23.8 Å². The third-order valence-electron chi connectivity index (χ3n) is 5.91. The van der Waals surface area contributed by atoms with Crippen molar-refractivity contribution in [3.8, 4) is 5.75 Å². The van der Waals surface area contributed by atoms with Crippen molar-refractivity contribution in [2.75, 3.05) is 13.1 Å². The van der Waals surface area contributed by atoms with Gasteiger partial charge >= 0.3 is 0 Å². The number of amides is 1. The minimum atomic E-state index is -0.504. The highest BCUT2D eigenvalue weighted by Gasteiger charge is 2.43. The molecule has 1 amide bonds. The van der Waals surface area contributed by atoms with Crippen LogP contribution < -0.4 is 4.74 Å². The van der Waals surface area contributed by atoms with E-state index in [1.54, 1.807) is 6.20 Å². The third-order valence-corrected chi connectivity index (χ3v) is 5.91. The molecule has 1 N–H and O–H groups in total. The summed E-state index contributed by atoms with van der Waals surface area (Å²) in [6.07, 6.45) is 3.40. The van der Waals surface area contributed by atoms with Crippen LogP contribution in [-0.4, -0.2) is 45.5 Å². The molecule has 6 heteroatoms. The predicted molar refractivity (Wildman–Crippen MR) is 105 cm³/mol. The number of likely N-dealkylation sites (tertiary alicyclic amines) is 1. The normalized spacial score (nSPS) is 18.2. The van der Waals surface area contributed by atoms with Crippen LogP contribution in [0.2, 0.25) is 0 Å². The van der Waals surface area contributed by atoms with Gasteiger partial charge in [0.2, 0.25) is 0 Å². The zero-order valence-corrected chi connectivity index (χ0v) is 15.7. The molecule has 1 saturated heterocycles. The van der Waals surface area contributed by atoms with Crippen molar-refractivity contribution in [2.45, 2.75) is 31.8 Å². The number of fused-ring (bicyclic) bond motifs is 2. The molecule has 2 aliphatic rings. The zero-order chi connectivity index (χ0) is 19.3. The average molecular weight is 375 g/mol. The van der Waals surface area contributed by atoms with Crippen molar-refractivity contribution < 1.29 is 14.3 Å². The Morgan fingerprint density at radius 1 is 1.21 bits per heavy atom. The van der Waals surface area contributed by atoms with Crippen molar-refractivity contribution in [3.05, 3.63) is 59.3 Å². The number of hydrogen-bond donors (Lipinski definition) is 1. The predicted octanol–water partition coefficient (Wildman–Crippen LogP) is 3.51. The first kappa shape index (κ1) is 17.0. The zero-order valence-electron chi connectivity index (χ0n) is 15.7. The van der Waals surface area contributed by atoms with E-state index in [0.29, 0.717) is 49.2 Å². The minimum absolute atomic E-state index is 0.0112. The van der Waals surface area contributed by atoms with E-state index in [9.17, 15) is 9.59 Å². The largest absolute Gasteiger partial charge is 0.486 e. The molecule has 5 rings (SSSR count). The second-order valence-electron chi connectivity index (χ2n) is 7.82. The molecule has 3 heterocycles. The van der Waals surface area contributed by atoms with Gasteiger partial charge in [0.25, 0.3) is 5.91 Å². The lowest BCUT2D eigenvalue weighted by molar-refractivity contribution is -0.00567. The fourth-order valence-corrected chi connectivity index (χ4v) is 4.32. The number of H-pyrrole nitrogens is 1. The van der Waals surface area contributed by atoms with Crippen LogP contribution in [0.4, 0.5) is 0 Å². The fourth-order valence-electron chi connectivity index (χ4n) is 4.32. The molecule has 0 bridgehead atoms. The second kappa shape index (κ2) is 6.19. The fraction of sp³-hybridized carbons (Fsp3) is 0.318. The van der Waals surface area contributed by atoms with Gasteiger partial charge in [0.15, 0.2) is 5.78 Å². The van der Waals surface area contributed by atoms with Crippen LogP contribution in [0, 0.1) is 6.92 Å². The highest BCUT2D eigenvalue weighted by Crippen LogP contribution is 2.40. The monoisotopic (exact) mass is 375 g/mol. The maximum absolute atomic E-state index is 13.1. The van der Waals surface area contributed by atoms with Crippen LogP contribution in [0.5, 0.6) is 5.75 Å². The lowest BCUT2D eigenvalue weighted by Gasteiger charge is -2.44. The molecular weight excluding hydrogens is 354 g/mol. The molecule has 6 nitrogen and oxygen atoms in total. The summed E-state index contributed by atoms with van der Waals surface area (Å²) in [4.78, 5) is 27.6. The summed E-state index contributed by atoms with van der Waals surface area (Å²) in [6.45, 7) is 3.11. The number of aromatic nitrogens is 2. The van der Waals surface area contributed by atoms with Crippen molar-refractivity contribution in [1.29, 1.82) is 0 Å². The smallest absolute Gasteiger partial charge is 0.256 e. The topological polar surface area (TPSA) is 75.3 Å². The number of rotatable bonds is 1. The number of ether oxygens (including phenoxy) is 1. The molecule has 1 fully saturated rings. The summed E-state index contributed by atoms with van der Waals surface area (Å²) in [5.74, 6) is 0.790. The number of para-hydroxylation sites is 1. The van der Waals surface area contributed by atoms with Gasteiger partial charge in [-0.2, -0.15) is 5.10 Å². The maximum Gasteiger partial charge on any atom is 0.256 e. The van der Waals surface area contributed by atoms with Gasteiger partial charge in [-0.25, -0.2) is 0 Å². The summed E-state index contributed by atoms with van der Waals surface area (Å²) in [5, 5.41) is 7.88. The van der Waals surface area contributed by atoms with Crippen LogP contribution in [0.15, 0.2) is 42.6 Å². The van der Waals surface area contributed by atoms with Crippen LogP contribution in [0.25, 0.3) is 10.9 Å². The van der Waals surface area contributed by atoms with Crippen LogP contribution in [0.3, 0.4) is 0 Å². The van der Waals surface area contributed by atoms with E-state index in [1.165, 1.54) is 0 Å². The summed E-state index contributed by atoms with van der Waals surface area (Å²) in [6, 6.07) is 11.4. The molecule has 1 spiro atoms. The van der Waals surface area contributed by atoms with E-state index < -0.39 is 5.60 Å². The summed E-state index contributed by atoms with van der Waals surface area (Å²) >= 11 is 0. The number of benzene rings is 2. The van der Waals surface area contributed by atoms with E-state index in [1.807, 2.05) is 48.2 Å². The molecular formula is C22H21N3O3. The average Bonchev–Trinajstić information content (AvgIpc) is 3.18. The number of aryl methyl sites for hydroxylation is 1. The number of nitrogens with zero attached hydrogens (tertiary/aromatic N) is 2. The maximum atomic E-state index is 13.1. The Morgan fingerprint density at radius 3 is 2.86 bits per heavy atom. The van der Waals surface area contributed by atoms with Crippen LogP contribution in [-0.2, 0) is 0 Å². The molecule has 0 atom stereocenters. The minimum Gasteiger partial charge on any atom is -0.486 e. The standard InChI is InChI=1S/C22H21N3O3/c1-14-5-6-19-17(11-14)18(26)12-22(28-19)7-9-25(10-8-22)21(27)16-4-2-3-15-13-23-24-20(15)16/h2-6,11,13H,7-10,12H2,1H3,(H,23,24). The molecule has 0 unspecified atom stereocenters. The quantitative estimate of drug-likeness (QED) is 0.706. The summed E-state index contributed by atoms with van der Waals surface area (Å²) in [5.41, 5.74) is 2.62. The first-order valence-corrected chi connectivity index (χ1v) is 9.59. The van der Waals surface area contributed by atoms with Crippen molar-refractivity contribution in [3.63, 3.8) is 0 Å². The van der Waals surface area contributed by atoms with E-state index in [2.05, 4.69) is 10.2 Å². The Labute approximate surface area is 162 Å². The Balaban J connectivity index is 1.35. The van der Waals surface area contributed by atoms with Crippen molar-refractivity contribution >= 4 is 22.6 Å². The van der Waals surface area contributed by atoms with Crippen LogP contribution >= 0.6 is 0 Å².